The van der Waals surface area contributed by atoms with Crippen LogP contribution in [-0.4, -0.2) is 59.4 Å². The van der Waals surface area contributed by atoms with E-state index in [1.54, 1.807) is 0 Å². The Morgan fingerprint density at radius 3 is 2.38 bits per heavy atom. The number of rotatable bonds is 12. The van der Waals surface area contributed by atoms with Crippen LogP contribution in [0.1, 0.15) is 51.4 Å². The van der Waals surface area contributed by atoms with Crippen LogP contribution in [0.5, 0.6) is 0 Å². The van der Waals surface area contributed by atoms with Crippen molar-refractivity contribution in [2.45, 2.75) is 48.8 Å². The number of benzene rings is 4. The summed E-state index contributed by atoms with van der Waals surface area (Å²) < 4.78 is 214. The lowest BCUT2D eigenvalue weighted by atomic mass is 10.00. The second-order valence-corrected chi connectivity index (χ2v) is 11.9. The Morgan fingerprint density at radius 1 is 1.00 bits per heavy atom. The molecule has 4 aromatic carbocycles. The molecule has 0 atom stereocenters. The van der Waals surface area contributed by atoms with Gasteiger partial charge < -0.3 is 19.1 Å². The first-order chi connectivity index (χ1) is 31.0. The lowest BCUT2D eigenvalue weighted by Crippen LogP contribution is -2.48. The zero-order valence-electron chi connectivity index (χ0n) is 42.7. The maximum atomic E-state index is 15.2. The number of fused-ring (bicyclic) bond motifs is 1. The van der Waals surface area contributed by atoms with Crippen molar-refractivity contribution in [2.24, 2.45) is 0 Å². The molecular formula is C40H38F5N3O3S. The maximum Gasteiger partial charge on any atom is 0.416 e. The minimum Gasteiger partial charge on any atom is -0.383 e. The van der Waals surface area contributed by atoms with E-state index < -0.39 is 121 Å². The molecule has 0 spiro atoms. The zero-order chi connectivity index (χ0) is 51.0. The highest BCUT2D eigenvalue weighted by Crippen LogP contribution is 2.32. The Hall–Kier alpha value is -4.52. The van der Waals surface area contributed by atoms with Gasteiger partial charge in [0.25, 0.3) is 0 Å². The van der Waals surface area contributed by atoms with Crippen LogP contribution in [0, 0.1) is 11.6 Å². The molecule has 0 bridgehead atoms. The number of amides is 1. The molecule has 0 saturated carbocycles. The summed E-state index contributed by atoms with van der Waals surface area (Å²) in [5.41, 5.74) is -5.12. The van der Waals surface area contributed by atoms with Gasteiger partial charge in [-0.3, -0.25) is 9.59 Å². The van der Waals surface area contributed by atoms with Crippen molar-refractivity contribution in [1.29, 1.82) is 0 Å². The first-order valence-corrected chi connectivity index (χ1v) is 16.1. The number of methoxy groups -OCH3 is 1. The van der Waals surface area contributed by atoms with Crippen molar-refractivity contribution in [1.82, 2.24) is 14.4 Å². The van der Waals surface area contributed by atoms with Gasteiger partial charge in [-0.1, -0.05) is 60.7 Å². The van der Waals surface area contributed by atoms with Gasteiger partial charge in [0.15, 0.2) is 17.1 Å². The van der Waals surface area contributed by atoms with Gasteiger partial charge in [-0.05, 0) is 59.8 Å². The number of piperidine rings is 1. The van der Waals surface area contributed by atoms with Crippen LogP contribution >= 0.6 is 11.8 Å². The first-order valence-electron chi connectivity index (χ1n) is 23.3. The lowest BCUT2D eigenvalue weighted by Gasteiger charge is -2.39. The average molecular weight is 752 g/mol. The molecule has 52 heavy (non-hydrogen) atoms. The van der Waals surface area contributed by atoms with Crippen LogP contribution in [0.25, 0.3) is 22.0 Å². The van der Waals surface area contributed by atoms with Gasteiger partial charge in [-0.25, -0.2) is 8.78 Å². The standard InChI is InChI=1S/C40H38F5N3O3S/c1-51-22-21-46-19-17-32(18-20-46)47(24-27-9-11-28(12-10-27)29-13-15-31(16-14-29)40(43,44)45)37(50)25-48-35-8-3-2-6-33(35)36(49)23-38(48)52-26-30-5-4-7-34(41)39(30)42/h2-16,23,32H,17-22,24-26H2,1H3/i1D3,17D2,18D2,19D2,20D2,21D2,26D2,32D. The minimum absolute atomic E-state index is 0.0885. The minimum atomic E-state index is -4.65. The van der Waals surface area contributed by atoms with Gasteiger partial charge in [0.05, 0.1) is 28.2 Å². The monoisotopic (exact) mass is 751 g/mol. The molecule has 272 valence electrons. The number of pyridine rings is 1. The second-order valence-electron chi connectivity index (χ2n) is 11.1. The van der Waals surface area contributed by atoms with Gasteiger partial charge in [0.1, 0.15) is 6.54 Å². The first kappa shape index (κ1) is 21.9. The van der Waals surface area contributed by atoms with Crippen LogP contribution < -0.4 is 5.43 Å². The Bertz CT molecular complexity index is 2750. The maximum absolute atomic E-state index is 15.2. The van der Waals surface area contributed by atoms with Crippen LogP contribution in [-0.2, 0) is 34.5 Å². The molecule has 6 rings (SSSR count). The summed E-state index contributed by atoms with van der Waals surface area (Å²) in [6, 6.07) is 13.9. The van der Waals surface area contributed by atoms with E-state index in [0.717, 1.165) is 53.1 Å². The number of ether oxygens (including phenoxy) is 1. The lowest BCUT2D eigenvalue weighted by molar-refractivity contribution is -0.137. The number of alkyl halides is 3. The number of hydrogen-bond donors (Lipinski definition) is 0. The number of likely N-dealkylation sites (tertiary alicyclic amines) is 1. The summed E-state index contributed by atoms with van der Waals surface area (Å²) in [6.07, 6.45) is -13.1. The Kier molecular flexibility index (Phi) is 6.91. The fourth-order valence-corrected chi connectivity index (χ4v) is 5.99. The molecule has 12 heteroatoms. The molecule has 1 saturated heterocycles. The summed E-state index contributed by atoms with van der Waals surface area (Å²) in [6.45, 7) is -16.0. The van der Waals surface area contributed by atoms with Crippen molar-refractivity contribution in [3.8, 4) is 11.1 Å². The molecule has 1 fully saturated rings. The van der Waals surface area contributed by atoms with E-state index >= 15 is 9.18 Å². The number of carbonyl (C=O) groups is 1. The van der Waals surface area contributed by atoms with E-state index in [-0.39, 0.29) is 38.7 Å². The molecule has 6 nitrogen and oxygen atoms in total. The van der Waals surface area contributed by atoms with Gasteiger partial charge in [0.2, 0.25) is 5.91 Å². The normalized spacial score (nSPS) is 24.0. The van der Waals surface area contributed by atoms with Crippen LogP contribution in [0.2, 0.25) is 0 Å². The Labute approximate surface area is 325 Å². The average Bonchev–Trinajstić information content (AvgIpc) is 3.22. The summed E-state index contributed by atoms with van der Waals surface area (Å²) in [5.74, 6) is -4.54. The number of halogens is 5. The highest BCUT2D eigenvalue weighted by Gasteiger charge is 2.31. The van der Waals surface area contributed by atoms with Gasteiger partial charge in [-0.15, -0.1) is 11.8 Å². The molecule has 1 aliphatic heterocycles. The molecule has 1 aromatic heterocycles. The summed E-state index contributed by atoms with van der Waals surface area (Å²) in [4.78, 5) is 28.2. The third-order valence-electron chi connectivity index (χ3n) is 7.77. The third-order valence-corrected chi connectivity index (χ3v) is 8.64. The number of carbonyl (C=O) groups excluding carboxylic acids is 1. The van der Waals surface area contributed by atoms with Crippen LogP contribution in [0.4, 0.5) is 22.0 Å². The molecular weight excluding hydrogens is 698 g/mol. The topological polar surface area (TPSA) is 54.8 Å². The predicted octanol–water partition coefficient (Wildman–Crippen LogP) is 8.40. The smallest absolute Gasteiger partial charge is 0.383 e. The largest absolute Gasteiger partial charge is 0.416 e. The van der Waals surface area contributed by atoms with E-state index in [9.17, 15) is 29.2 Å². The Morgan fingerprint density at radius 2 is 1.69 bits per heavy atom. The molecule has 0 aliphatic carbocycles. The van der Waals surface area contributed by atoms with Gasteiger partial charge in [0, 0.05) is 78.3 Å². The number of para-hydroxylation sites is 1. The SMILES string of the molecule is [2H]C([2H])([2H])OCC([2H])([2H])N1C([2H])([2H])C([2H])([2H])C([2H])(N(Cc2ccc(-c3ccc(C(F)(F)F)cc3)cc2)C(=O)Cn2c(SC([2H])([2H])c3cccc(F)c3F)cc(=O)c3ccccc32)C([2H])([2H])C1([2H])[2H]. The third kappa shape index (κ3) is 8.74. The molecule has 0 N–H and O–H groups in total. The molecule has 1 amide bonds. The van der Waals surface area contributed by atoms with Crippen LogP contribution in [0.15, 0.2) is 107 Å². The number of hydrogen-bond acceptors (Lipinski definition) is 5. The van der Waals surface area contributed by atoms with E-state index in [4.69, 9.17) is 15.1 Å². The van der Waals surface area contributed by atoms with Crippen molar-refractivity contribution in [2.75, 3.05) is 33.1 Å². The van der Waals surface area contributed by atoms with Gasteiger partial charge >= 0.3 is 6.18 Å². The number of nitrogens with zero attached hydrogens (tertiary/aromatic N) is 3. The fourth-order valence-electron chi connectivity index (χ4n) is 5.18. The van der Waals surface area contributed by atoms with E-state index in [2.05, 4.69) is 4.74 Å². The number of thioether (sulfide) groups is 1. The molecule has 2 heterocycles. The molecule has 5 aromatic rings. The van der Waals surface area contributed by atoms with E-state index in [1.165, 1.54) is 48.5 Å². The predicted molar refractivity (Wildman–Crippen MR) is 193 cm³/mol. The van der Waals surface area contributed by atoms with Crippen molar-refractivity contribution >= 4 is 28.6 Å². The number of aromatic nitrogens is 1. The summed E-state index contributed by atoms with van der Waals surface area (Å²) >= 11 is 0.121. The summed E-state index contributed by atoms with van der Waals surface area (Å²) in [7, 11) is -3.36. The molecule has 0 unspecified atom stereocenters. The quantitative estimate of drug-likeness (QED) is 0.0948. The van der Waals surface area contributed by atoms with E-state index in [0.29, 0.717) is 5.56 Å². The zero-order valence-corrected chi connectivity index (χ0v) is 27.5. The van der Waals surface area contributed by atoms with Crippen molar-refractivity contribution in [3.05, 3.63) is 136 Å². The van der Waals surface area contributed by atoms with Crippen LogP contribution in [0.3, 0.4) is 0 Å². The molecule has 0 radical (unpaired) electrons. The fraction of sp³-hybridized carbons (Fsp3) is 0.300. The summed E-state index contributed by atoms with van der Waals surface area (Å²) in [5, 5.41) is -0.564. The Balaban J connectivity index is 1.54. The van der Waals surface area contributed by atoms with Crippen molar-refractivity contribution in [3.63, 3.8) is 0 Å². The molecule has 1 aliphatic rings. The highest BCUT2D eigenvalue weighted by molar-refractivity contribution is 7.98. The van der Waals surface area contributed by atoms with E-state index in [1.807, 2.05) is 0 Å². The highest BCUT2D eigenvalue weighted by atomic mass is 32.2. The second kappa shape index (κ2) is 16.4. The van der Waals surface area contributed by atoms with Gasteiger partial charge in [-0.2, -0.15) is 13.2 Å². The van der Waals surface area contributed by atoms with Crippen molar-refractivity contribution < 1.29 is 53.4 Å².